The van der Waals surface area contributed by atoms with Gasteiger partial charge in [-0.15, -0.1) is 11.3 Å². The van der Waals surface area contributed by atoms with Crippen LogP contribution in [0.25, 0.3) is 10.6 Å². The van der Waals surface area contributed by atoms with E-state index < -0.39 is 5.95 Å². The zero-order valence-corrected chi connectivity index (χ0v) is 13.4. The summed E-state index contributed by atoms with van der Waals surface area (Å²) in [7, 11) is 0. The second-order valence-corrected chi connectivity index (χ2v) is 7.15. The average Bonchev–Trinajstić information content (AvgIpc) is 3.07. The minimum Gasteiger partial charge on any atom is -0.347 e. The maximum atomic E-state index is 12.9. The van der Waals surface area contributed by atoms with Crippen molar-refractivity contribution < 1.29 is 9.18 Å². The molecule has 0 aromatic carbocycles. The zero-order chi connectivity index (χ0) is 15.8. The molecule has 0 spiro atoms. The van der Waals surface area contributed by atoms with Crippen LogP contribution < -0.4 is 5.32 Å². The van der Waals surface area contributed by atoms with Gasteiger partial charge in [-0.2, -0.15) is 4.39 Å². The van der Waals surface area contributed by atoms with Crippen molar-refractivity contribution in [3.8, 4) is 10.6 Å². The molecule has 7 heteroatoms. The van der Waals surface area contributed by atoms with Crippen LogP contribution in [0.1, 0.15) is 22.5 Å². The number of carbonyl (C=O) groups is 1. The van der Waals surface area contributed by atoms with Crippen LogP contribution in [-0.2, 0) is 0 Å². The summed E-state index contributed by atoms with van der Waals surface area (Å²) in [5.74, 6) is 0.00540. The number of carbonyl (C=O) groups excluding carboxylic acids is 1. The van der Waals surface area contributed by atoms with Gasteiger partial charge in [0.15, 0.2) is 0 Å². The number of hydrogen-bond acceptors (Lipinski definition) is 5. The van der Waals surface area contributed by atoms with Crippen molar-refractivity contribution in [3.05, 3.63) is 35.4 Å². The van der Waals surface area contributed by atoms with Gasteiger partial charge in [0.25, 0.3) is 5.91 Å². The third-order valence-electron chi connectivity index (χ3n) is 4.68. The standard InChI is InChI=1S/C16H17FN4OS/c17-14-2-1-11(7-18-14)16-19-8-13(23-16)15(22)20-12-9-21-5-3-10(12)4-6-21/h1-2,7-8,10,12H,3-6,9H2,(H,20,22). The molecule has 2 aromatic rings. The van der Waals surface area contributed by atoms with Crippen LogP contribution in [-0.4, -0.2) is 46.5 Å². The molecule has 120 valence electrons. The summed E-state index contributed by atoms with van der Waals surface area (Å²) in [6, 6.07) is 3.16. The van der Waals surface area contributed by atoms with E-state index in [-0.39, 0.29) is 11.9 Å². The van der Waals surface area contributed by atoms with Crippen molar-refractivity contribution in [3.63, 3.8) is 0 Å². The first kappa shape index (κ1) is 14.7. The predicted octanol–water partition coefficient (Wildman–Crippen LogP) is 2.17. The quantitative estimate of drug-likeness (QED) is 0.875. The number of nitrogens with zero attached hydrogens (tertiary/aromatic N) is 3. The summed E-state index contributed by atoms with van der Waals surface area (Å²) in [4.78, 5) is 23.3. The van der Waals surface area contributed by atoms with Crippen LogP contribution in [0, 0.1) is 11.9 Å². The van der Waals surface area contributed by atoms with E-state index >= 15 is 0 Å². The Hall–Kier alpha value is -1.86. The lowest BCUT2D eigenvalue weighted by atomic mass is 9.84. The molecular formula is C16H17FN4OS. The van der Waals surface area contributed by atoms with Gasteiger partial charge in [-0.05, 0) is 44.0 Å². The number of amides is 1. The lowest BCUT2D eigenvalue weighted by molar-refractivity contribution is 0.0622. The van der Waals surface area contributed by atoms with E-state index in [0.717, 1.165) is 25.2 Å². The van der Waals surface area contributed by atoms with E-state index in [9.17, 15) is 9.18 Å². The van der Waals surface area contributed by atoms with Crippen LogP contribution in [0.2, 0.25) is 0 Å². The van der Waals surface area contributed by atoms with Gasteiger partial charge in [0.05, 0.1) is 6.20 Å². The number of pyridine rings is 1. The smallest absolute Gasteiger partial charge is 0.263 e. The van der Waals surface area contributed by atoms with E-state index in [1.165, 1.54) is 36.4 Å². The number of rotatable bonds is 3. The van der Waals surface area contributed by atoms with Gasteiger partial charge in [-0.1, -0.05) is 0 Å². The first-order valence-electron chi connectivity index (χ1n) is 7.80. The third kappa shape index (κ3) is 2.98. The summed E-state index contributed by atoms with van der Waals surface area (Å²) >= 11 is 1.31. The van der Waals surface area contributed by atoms with Crippen LogP contribution in [0.4, 0.5) is 4.39 Å². The van der Waals surface area contributed by atoms with E-state index in [2.05, 4.69) is 20.2 Å². The summed E-state index contributed by atoms with van der Waals surface area (Å²) in [6.07, 6.45) is 5.35. The molecule has 3 aliphatic heterocycles. The van der Waals surface area contributed by atoms with E-state index in [1.807, 2.05) is 0 Å². The topological polar surface area (TPSA) is 58.1 Å². The summed E-state index contributed by atoms with van der Waals surface area (Å²) in [5.41, 5.74) is 0.721. The number of halogens is 1. The monoisotopic (exact) mass is 332 g/mol. The molecule has 2 bridgehead atoms. The zero-order valence-electron chi connectivity index (χ0n) is 12.5. The number of thiazole rings is 1. The molecule has 5 nitrogen and oxygen atoms in total. The number of hydrogen-bond donors (Lipinski definition) is 1. The van der Waals surface area contributed by atoms with Crippen molar-refractivity contribution >= 4 is 17.2 Å². The Balaban J connectivity index is 1.46. The second-order valence-electron chi connectivity index (χ2n) is 6.12. The fraction of sp³-hybridized carbons (Fsp3) is 0.438. The van der Waals surface area contributed by atoms with Crippen LogP contribution >= 0.6 is 11.3 Å². The Morgan fingerprint density at radius 1 is 1.26 bits per heavy atom. The first-order valence-corrected chi connectivity index (χ1v) is 8.61. The second kappa shape index (κ2) is 5.98. The molecule has 3 saturated heterocycles. The summed E-state index contributed by atoms with van der Waals surface area (Å²) in [5, 5.41) is 3.83. The Bertz CT molecular complexity index is 709. The molecule has 2 aromatic heterocycles. The number of aromatic nitrogens is 2. The summed E-state index contributed by atoms with van der Waals surface area (Å²) in [6.45, 7) is 3.25. The lowest BCUT2D eigenvalue weighted by Gasteiger charge is -2.44. The molecule has 3 aliphatic rings. The average molecular weight is 332 g/mol. The molecule has 1 amide bonds. The fourth-order valence-corrected chi connectivity index (χ4v) is 4.19. The van der Waals surface area contributed by atoms with Gasteiger partial charge in [-0.25, -0.2) is 9.97 Å². The van der Waals surface area contributed by atoms with Crippen molar-refractivity contribution in [2.24, 2.45) is 5.92 Å². The molecule has 5 rings (SSSR count). The lowest BCUT2D eigenvalue weighted by Crippen LogP contribution is -2.57. The third-order valence-corrected chi connectivity index (χ3v) is 5.72. The van der Waals surface area contributed by atoms with Crippen LogP contribution in [0.15, 0.2) is 24.5 Å². The molecule has 0 saturated carbocycles. The number of nitrogens with one attached hydrogen (secondary N) is 1. The van der Waals surface area contributed by atoms with Crippen LogP contribution in [0.3, 0.4) is 0 Å². The van der Waals surface area contributed by atoms with Gasteiger partial charge in [0.1, 0.15) is 9.88 Å². The highest BCUT2D eigenvalue weighted by Crippen LogP contribution is 2.29. The van der Waals surface area contributed by atoms with Crippen molar-refractivity contribution in [1.29, 1.82) is 0 Å². The summed E-state index contributed by atoms with van der Waals surface area (Å²) < 4.78 is 12.9. The number of piperidine rings is 3. The number of fused-ring (bicyclic) bond motifs is 3. The Morgan fingerprint density at radius 3 is 2.74 bits per heavy atom. The minimum atomic E-state index is -0.523. The van der Waals surface area contributed by atoms with Crippen molar-refractivity contribution in [1.82, 2.24) is 20.2 Å². The molecule has 3 fully saturated rings. The Labute approximate surface area is 137 Å². The van der Waals surface area contributed by atoms with Gasteiger partial charge in [0, 0.05) is 24.3 Å². The van der Waals surface area contributed by atoms with Crippen molar-refractivity contribution in [2.75, 3.05) is 19.6 Å². The molecule has 1 atom stereocenters. The van der Waals surface area contributed by atoms with E-state index in [0.29, 0.717) is 15.8 Å². The van der Waals surface area contributed by atoms with Crippen molar-refractivity contribution in [2.45, 2.75) is 18.9 Å². The van der Waals surface area contributed by atoms with E-state index in [1.54, 1.807) is 12.3 Å². The Morgan fingerprint density at radius 2 is 2.09 bits per heavy atom. The SMILES string of the molecule is O=C(NC1CN2CCC1CC2)c1cnc(-c2ccc(F)nc2)s1. The molecule has 5 heterocycles. The fourth-order valence-electron chi connectivity index (χ4n) is 3.38. The first-order chi connectivity index (χ1) is 11.2. The molecule has 0 radical (unpaired) electrons. The maximum Gasteiger partial charge on any atom is 0.263 e. The van der Waals surface area contributed by atoms with E-state index in [4.69, 9.17) is 0 Å². The molecule has 1 unspecified atom stereocenters. The minimum absolute atomic E-state index is 0.0671. The highest BCUT2D eigenvalue weighted by molar-refractivity contribution is 7.16. The maximum absolute atomic E-state index is 12.9. The highest BCUT2D eigenvalue weighted by Gasteiger charge is 2.35. The molecule has 0 aliphatic carbocycles. The van der Waals surface area contributed by atoms with Gasteiger partial charge in [0.2, 0.25) is 5.95 Å². The highest BCUT2D eigenvalue weighted by atomic mass is 32.1. The molecule has 1 N–H and O–H groups in total. The van der Waals surface area contributed by atoms with Crippen LogP contribution in [0.5, 0.6) is 0 Å². The van der Waals surface area contributed by atoms with Gasteiger partial charge < -0.3 is 10.2 Å². The van der Waals surface area contributed by atoms with Gasteiger partial charge >= 0.3 is 0 Å². The predicted molar refractivity (Wildman–Crippen MR) is 85.7 cm³/mol. The largest absolute Gasteiger partial charge is 0.347 e. The van der Waals surface area contributed by atoms with Gasteiger partial charge in [-0.3, -0.25) is 4.79 Å². The molecular weight excluding hydrogens is 315 g/mol. The normalized spacial score (nSPS) is 26.2. The Kier molecular flexibility index (Phi) is 3.82. The molecule has 23 heavy (non-hydrogen) atoms.